The van der Waals surface area contributed by atoms with Crippen molar-refractivity contribution in [2.24, 2.45) is 0 Å². The summed E-state index contributed by atoms with van der Waals surface area (Å²) in [6.07, 6.45) is 3.11. The fraction of sp³-hybridized carbons (Fsp3) is 0.333. The molecule has 3 rings (SSSR count). The number of unbranched alkanes of at least 4 members (excludes halogenated alkanes) is 2. The third-order valence-corrected chi connectivity index (χ3v) is 4.48. The van der Waals surface area contributed by atoms with E-state index in [1.165, 1.54) is 0 Å². The number of nitrogens with zero attached hydrogens (tertiary/aromatic N) is 2. The average molecular weight is 367 g/mol. The van der Waals surface area contributed by atoms with Crippen LogP contribution >= 0.6 is 0 Å². The van der Waals surface area contributed by atoms with Gasteiger partial charge in [-0.3, -0.25) is 9.63 Å². The summed E-state index contributed by atoms with van der Waals surface area (Å²) in [6.45, 7) is 3.16. The lowest BCUT2D eigenvalue weighted by Crippen LogP contribution is -2.39. The van der Waals surface area contributed by atoms with Gasteiger partial charge in [-0.1, -0.05) is 67.1 Å². The van der Waals surface area contributed by atoms with Crippen LogP contribution in [0.1, 0.15) is 31.7 Å². The summed E-state index contributed by atoms with van der Waals surface area (Å²) in [5.41, 5.74) is 1.57. The molecule has 2 aromatic carbocycles. The van der Waals surface area contributed by atoms with Crippen LogP contribution in [-0.2, 0) is 13.0 Å². The summed E-state index contributed by atoms with van der Waals surface area (Å²) >= 11 is 0. The van der Waals surface area contributed by atoms with Crippen LogP contribution in [0.3, 0.4) is 0 Å². The molecule has 3 aromatic rings. The number of fused-ring (bicyclic) bond motifs is 1. The highest BCUT2D eigenvalue weighted by Gasteiger charge is 2.16. The van der Waals surface area contributed by atoms with E-state index in [0.717, 1.165) is 41.6 Å². The molecule has 0 saturated heterocycles. The van der Waals surface area contributed by atoms with Gasteiger partial charge in [0, 0.05) is 13.1 Å². The van der Waals surface area contributed by atoms with Crippen LogP contribution < -0.4 is 15.7 Å². The van der Waals surface area contributed by atoms with Gasteiger partial charge in [0.05, 0.1) is 10.9 Å². The first-order valence-electron chi connectivity index (χ1n) is 9.41. The predicted molar refractivity (Wildman–Crippen MR) is 106 cm³/mol. The second-order valence-corrected chi connectivity index (χ2v) is 6.47. The van der Waals surface area contributed by atoms with Crippen LogP contribution in [0.5, 0.6) is 0 Å². The molecule has 0 spiro atoms. The van der Waals surface area contributed by atoms with E-state index in [0.29, 0.717) is 18.5 Å². The fourth-order valence-corrected chi connectivity index (χ4v) is 3.05. The predicted octanol–water partition coefficient (Wildman–Crippen LogP) is 3.37. The second kappa shape index (κ2) is 9.07. The normalized spacial score (nSPS) is 10.9. The molecule has 1 aromatic heterocycles. The van der Waals surface area contributed by atoms with Gasteiger partial charge in [0.15, 0.2) is 0 Å². The molecule has 0 radical (unpaired) electrons. The van der Waals surface area contributed by atoms with Gasteiger partial charge in [0.1, 0.15) is 0 Å². The molecule has 0 unspecified atom stereocenters. The first kappa shape index (κ1) is 18.8. The van der Waals surface area contributed by atoms with Crippen molar-refractivity contribution < 1.29 is 9.63 Å². The van der Waals surface area contributed by atoms with Gasteiger partial charge in [-0.2, -0.15) is 0 Å². The molecule has 1 heterocycles. The molecule has 6 nitrogen and oxygen atoms in total. The lowest BCUT2D eigenvalue weighted by molar-refractivity contribution is 0.0913. The van der Waals surface area contributed by atoms with Crippen LogP contribution in [-0.4, -0.2) is 22.2 Å². The molecule has 1 N–H and O–H groups in total. The molecular weight excluding hydrogens is 342 g/mol. The van der Waals surface area contributed by atoms with E-state index in [-0.39, 0.29) is 5.56 Å². The third-order valence-electron chi connectivity index (χ3n) is 4.48. The smallest absolute Gasteiger partial charge is 0.320 e. The number of nitrogens with one attached hydrogen (secondary N) is 1. The van der Waals surface area contributed by atoms with Crippen molar-refractivity contribution in [3.8, 4) is 0 Å². The van der Waals surface area contributed by atoms with Gasteiger partial charge in [0.2, 0.25) is 0 Å². The Bertz CT molecular complexity index is 944. The Hall–Kier alpha value is -3.02. The number of aryl methyl sites for hydroxylation is 2. The number of para-hydroxylation sites is 1. The molecule has 0 aliphatic carbocycles. The molecule has 1 amide bonds. The summed E-state index contributed by atoms with van der Waals surface area (Å²) in [7, 11) is 0. The summed E-state index contributed by atoms with van der Waals surface area (Å²) < 4.78 is 1.72. The van der Waals surface area contributed by atoms with Crippen molar-refractivity contribution in [1.29, 1.82) is 0 Å². The van der Waals surface area contributed by atoms with Gasteiger partial charge in [0.25, 0.3) is 0 Å². The molecule has 0 fully saturated rings. The van der Waals surface area contributed by atoms with Crippen LogP contribution in [0.15, 0.2) is 59.4 Å². The molecule has 142 valence electrons. The Morgan fingerprint density at radius 1 is 1.04 bits per heavy atom. The van der Waals surface area contributed by atoms with Gasteiger partial charge < -0.3 is 5.32 Å². The lowest BCUT2D eigenvalue weighted by atomic mass is 10.1. The first-order chi connectivity index (χ1) is 13.2. The number of hydrogen-bond donors (Lipinski definition) is 1. The number of carbonyl (C=O) groups is 1. The van der Waals surface area contributed by atoms with E-state index >= 15 is 0 Å². The van der Waals surface area contributed by atoms with Crippen LogP contribution in [0, 0.1) is 0 Å². The highest BCUT2D eigenvalue weighted by molar-refractivity contribution is 5.78. The zero-order valence-electron chi connectivity index (χ0n) is 15.6. The summed E-state index contributed by atoms with van der Waals surface area (Å²) in [5.74, 6) is 0. The van der Waals surface area contributed by atoms with Crippen LogP contribution in [0.4, 0.5) is 4.79 Å². The van der Waals surface area contributed by atoms with Crippen molar-refractivity contribution in [2.45, 2.75) is 39.2 Å². The maximum Gasteiger partial charge on any atom is 0.433 e. The van der Waals surface area contributed by atoms with Crippen LogP contribution in [0.2, 0.25) is 0 Å². The number of hydrogen-bond acceptors (Lipinski definition) is 3. The van der Waals surface area contributed by atoms with E-state index in [2.05, 4.69) is 12.2 Å². The Morgan fingerprint density at radius 3 is 2.56 bits per heavy atom. The Balaban J connectivity index is 1.81. The molecule has 27 heavy (non-hydrogen) atoms. The maximum atomic E-state index is 12.7. The zero-order valence-corrected chi connectivity index (χ0v) is 15.6. The summed E-state index contributed by atoms with van der Waals surface area (Å²) in [5, 5.41) is 3.24. The largest absolute Gasteiger partial charge is 0.433 e. The van der Waals surface area contributed by atoms with Crippen molar-refractivity contribution >= 4 is 17.0 Å². The number of benzene rings is 2. The standard InChI is InChI=1S/C21H25N3O3/c1-2-3-9-15-22-21(26)27-24-20(25)18-12-7-8-13-19(18)23(24)16-14-17-10-5-4-6-11-17/h4-8,10-13H,2-3,9,14-16H2,1H3,(H,22,26). The third kappa shape index (κ3) is 4.58. The molecule has 0 atom stereocenters. The number of amides is 1. The molecule has 0 bridgehead atoms. The van der Waals surface area contributed by atoms with Gasteiger partial charge in [-0.25, -0.2) is 9.48 Å². The quantitative estimate of drug-likeness (QED) is 0.621. The van der Waals surface area contributed by atoms with Crippen molar-refractivity contribution in [3.05, 3.63) is 70.5 Å². The van der Waals surface area contributed by atoms with E-state index in [1.54, 1.807) is 16.8 Å². The monoisotopic (exact) mass is 367 g/mol. The summed E-state index contributed by atoms with van der Waals surface area (Å²) in [4.78, 5) is 31.3. The SMILES string of the molecule is CCCCCNC(=O)On1c(=O)c2ccccc2n1CCc1ccccc1. The highest BCUT2D eigenvalue weighted by atomic mass is 16.7. The second-order valence-electron chi connectivity index (χ2n) is 6.47. The minimum Gasteiger partial charge on any atom is -0.320 e. The van der Waals surface area contributed by atoms with Crippen molar-refractivity contribution in [1.82, 2.24) is 14.8 Å². The maximum absolute atomic E-state index is 12.7. The highest BCUT2D eigenvalue weighted by Crippen LogP contribution is 2.12. The van der Waals surface area contributed by atoms with Gasteiger partial charge in [-0.05, 0) is 30.5 Å². The Morgan fingerprint density at radius 2 is 1.78 bits per heavy atom. The lowest BCUT2D eigenvalue weighted by Gasteiger charge is -2.12. The number of aromatic nitrogens is 2. The number of rotatable bonds is 8. The average Bonchev–Trinajstić information content (AvgIpc) is 2.96. The minimum atomic E-state index is -0.614. The molecule has 0 aliphatic rings. The first-order valence-corrected chi connectivity index (χ1v) is 9.41. The number of carbonyl (C=O) groups excluding carboxylic acids is 1. The molecule has 0 aliphatic heterocycles. The van der Waals surface area contributed by atoms with E-state index in [4.69, 9.17) is 4.84 Å². The Labute approximate surface area is 158 Å². The fourth-order valence-electron chi connectivity index (χ4n) is 3.05. The van der Waals surface area contributed by atoms with Gasteiger partial charge in [-0.15, -0.1) is 0 Å². The van der Waals surface area contributed by atoms with E-state index in [1.807, 2.05) is 42.5 Å². The Kier molecular flexibility index (Phi) is 6.30. The molecule has 6 heteroatoms. The van der Waals surface area contributed by atoms with Crippen molar-refractivity contribution in [3.63, 3.8) is 0 Å². The topological polar surface area (TPSA) is 65.3 Å². The van der Waals surface area contributed by atoms with Crippen LogP contribution in [0.25, 0.3) is 10.9 Å². The molecular formula is C21H25N3O3. The molecule has 0 saturated carbocycles. The minimum absolute atomic E-state index is 0.331. The van der Waals surface area contributed by atoms with Gasteiger partial charge >= 0.3 is 11.7 Å². The van der Waals surface area contributed by atoms with E-state index < -0.39 is 6.09 Å². The summed E-state index contributed by atoms with van der Waals surface area (Å²) in [6, 6.07) is 17.3. The zero-order chi connectivity index (χ0) is 19.1. The van der Waals surface area contributed by atoms with Crippen molar-refractivity contribution in [2.75, 3.05) is 6.54 Å². The van der Waals surface area contributed by atoms with E-state index in [9.17, 15) is 9.59 Å².